The lowest BCUT2D eigenvalue weighted by atomic mass is 9.88. The van der Waals surface area contributed by atoms with Crippen LogP contribution in [-0.2, 0) is 22.3 Å². The van der Waals surface area contributed by atoms with Crippen molar-refractivity contribution >= 4 is 17.0 Å². The number of aliphatic hydroxyl groups is 1. The van der Waals surface area contributed by atoms with E-state index in [1.165, 1.54) is 43.2 Å². The van der Waals surface area contributed by atoms with E-state index in [0.717, 1.165) is 36.2 Å². The third-order valence-electron chi connectivity index (χ3n) is 8.37. The van der Waals surface area contributed by atoms with E-state index in [1.54, 1.807) is 6.33 Å². The molecule has 4 atom stereocenters. The Balaban J connectivity index is 1.19. The zero-order chi connectivity index (χ0) is 22.7. The first-order chi connectivity index (χ1) is 16.7. The molecule has 1 spiro atoms. The van der Waals surface area contributed by atoms with Crippen molar-refractivity contribution in [3.63, 3.8) is 0 Å². The highest BCUT2D eigenvalue weighted by atomic mass is 16.6. The van der Waals surface area contributed by atoms with Crippen molar-refractivity contribution in [3.05, 3.63) is 48.0 Å². The fourth-order valence-electron chi connectivity index (χ4n) is 6.83. The van der Waals surface area contributed by atoms with Crippen LogP contribution in [0.3, 0.4) is 0 Å². The topological polar surface area (TPSA) is 94.3 Å². The summed E-state index contributed by atoms with van der Waals surface area (Å²) < 4.78 is 15.1. The minimum atomic E-state index is -0.350. The lowest BCUT2D eigenvalue weighted by molar-refractivity contribution is -0.108. The van der Waals surface area contributed by atoms with Crippen LogP contribution >= 0.6 is 0 Å². The number of nitrogens with zero attached hydrogens (tertiary/aromatic N) is 4. The van der Waals surface area contributed by atoms with Crippen LogP contribution in [0, 0.1) is 5.92 Å². The molecule has 8 heteroatoms. The number of hydrogen-bond acceptors (Lipinski definition) is 7. The predicted octanol–water partition coefficient (Wildman–Crippen LogP) is 3.40. The van der Waals surface area contributed by atoms with Crippen molar-refractivity contribution in [2.24, 2.45) is 5.92 Å². The van der Waals surface area contributed by atoms with Gasteiger partial charge in [0.05, 0.1) is 24.6 Å². The standard InChI is InChI=1S/C26H31N5O3/c32-13-20-22-19(12-26(34-22)10-16-6-4-5-7-17(16)11-26)25(33-20)31-15-29-21-23(27-14-28-24(21)31)30-18-8-2-1-3-9-18/h4-7,14-15,18-20,22,25,32H,1-3,8-13H2,(H,27,28,30)/t19?,20-,22-,25-/m1/s1. The number of aliphatic hydroxyl groups excluding tert-OH is 1. The molecule has 7 rings (SSSR count). The number of ether oxygens (including phenoxy) is 2. The lowest BCUT2D eigenvalue weighted by Crippen LogP contribution is -2.35. The highest BCUT2D eigenvalue weighted by Crippen LogP contribution is 2.53. The Morgan fingerprint density at radius 2 is 1.85 bits per heavy atom. The number of benzene rings is 1. The summed E-state index contributed by atoms with van der Waals surface area (Å²) in [4.78, 5) is 13.8. The monoisotopic (exact) mass is 461 g/mol. The molecule has 2 aromatic heterocycles. The first-order valence-electron chi connectivity index (χ1n) is 12.7. The van der Waals surface area contributed by atoms with Crippen molar-refractivity contribution in [1.29, 1.82) is 0 Å². The van der Waals surface area contributed by atoms with Crippen LogP contribution in [0.25, 0.3) is 11.2 Å². The summed E-state index contributed by atoms with van der Waals surface area (Å²) in [6, 6.07) is 9.06. The summed E-state index contributed by atoms with van der Waals surface area (Å²) in [6.07, 6.45) is 11.6. The van der Waals surface area contributed by atoms with Gasteiger partial charge < -0.3 is 19.9 Å². The Hall–Kier alpha value is -2.55. The Labute approximate surface area is 198 Å². The molecular weight excluding hydrogens is 430 g/mol. The molecule has 0 bridgehead atoms. The quantitative estimate of drug-likeness (QED) is 0.615. The highest BCUT2D eigenvalue weighted by Gasteiger charge is 2.58. The number of imidazole rings is 1. The van der Waals surface area contributed by atoms with Gasteiger partial charge in [-0.3, -0.25) is 4.57 Å². The van der Waals surface area contributed by atoms with Gasteiger partial charge >= 0.3 is 0 Å². The van der Waals surface area contributed by atoms with E-state index in [-0.39, 0.29) is 36.6 Å². The molecule has 0 amide bonds. The summed E-state index contributed by atoms with van der Waals surface area (Å²) in [7, 11) is 0. The molecule has 3 aromatic rings. The zero-order valence-corrected chi connectivity index (χ0v) is 19.3. The maximum atomic E-state index is 10.1. The predicted molar refractivity (Wildman–Crippen MR) is 126 cm³/mol. The molecule has 0 radical (unpaired) electrons. The van der Waals surface area contributed by atoms with E-state index in [2.05, 4.69) is 39.6 Å². The second-order valence-electron chi connectivity index (χ2n) is 10.5. The van der Waals surface area contributed by atoms with Gasteiger partial charge in [0.1, 0.15) is 18.7 Å². The van der Waals surface area contributed by atoms with Crippen molar-refractivity contribution in [2.75, 3.05) is 11.9 Å². The normalized spacial score (nSPS) is 30.1. The molecular formula is C26H31N5O3. The fourth-order valence-corrected chi connectivity index (χ4v) is 6.83. The number of aromatic nitrogens is 4. The van der Waals surface area contributed by atoms with Crippen LogP contribution < -0.4 is 5.32 Å². The summed E-state index contributed by atoms with van der Waals surface area (Å²) in [5, 5.41) is 13.7. The third kappa shape index (κ3) is 3.26. The zero-order valence-electron chi connectivity index (χ0n) is 19.3. The molecule has 2 aliphatic carbocycles. The van der Waals surface area contributed by atoms with Gasteiger partial charge in [-0.1, -0.05) is 43.5 Å². The Kier molecular flexibility index (Phi) is 4.89. The number of hydrogen-bond donors (Lipinski definition) is 2. The van der Waals surface area contributed by atoms with Gasteiger partial charge in [0.2, 0.25) is 0 Å². The summed E-state index contributed by atoms with van der Waals surface area (Å²) >= 11 is 0. The van der Waals surface area contributed by atoms with Gasteiger partial charge in [0, 0.05) is 24.8 Å². The minimum absolute atomic E-state index is 0.0587. The van der Waals surface area contributed by atoms with E-state index in [1.807, 2.05) is 10.9 Å². The van der Waals surface area contributed by atoms with E-state index in [9.17, 15) is 5.11 Å². The first kappa shape index (κ1) is 20.8. The number of nitrogens with one attached hydrogen (secondary N) is 1. The van der Waals surface area contributed by atoms with Crippen molar-refractivity contribution in [3.8, 4) is 0 Å². The van der Waals surface area contributed by atoms with Crippen molar-refractivity contribution in [1.82, 2.24) is 19.5 Å². The fraction of sp³-hybridized carbons (Fsp3) is 0.577. The van der Waals surface area contributed by atoms with Crippen LogP contribution in [-0.4, -0.2) is 55.1 Å². The molecule has 178 valence electrons. The Bertz CT molecular complexity index is 1180. The maximum Gasteiger partial charge on any atom is 0.167 e. The molecule has 1 unspecified atom stereocenters. The molecule has 8 nitrogen and oxygen atoms in total. The van der Waals surface area contributed by atoms with Gasteiger partial charge in [0.25, 0.3) is 0 Å². The van der Waals surface area contributed by atoms with E-state index in [4.69, 9.17) is 14.5 Å². The molecule has 1 aromatic carbocycles. The first-order valence-corrected chi connectivity index (χ1v) is 12.7. The highest BCUT2D eigenvalue weighted by molar-refractivity contribution is 5.82. The summed E-state index contributed by atoms with van der Waals surface area (Å²) in [5.74, 6) is 0.933. The Morgan fingerprint density at radius 1 is 1.06 bits per heavy atom. The summed E-state index contributed by atoms with van der Waals surface area (Å²) in [5.41, 5.74) is 4.08. The molecule has 4 heterocycles. The minimum Gasteiger partial charge on any atom is -0.394 e. The van der Waals surface area contributed by atoms with Crippen LogP contribution in [0.2, 0.25) is 0 Å². The van der Waals surface area contributed by atoms with Gasteiger partial charge in [-0.15, -0.1) is 0 Å². The molecule has 2 aliphatic heterocycles. The van der Waals surface area contributed by atoms with Crippen LogP contribution in [0.4, 0.5) is 5.82 Å². The molecule has 4 aliphatic rings. The van der Waals surface area contributed by atoms with E-state index in [0.29, 0.717) is 6.04 Å². The summed E-state index contributed by atoms with van der Waals surface area (Å²) in [6.45, 7) is -0.0587. The second-order valence-corrected chi connectivity index (χ2v) is 10.5. The SMILES string of the molecule is OC[C@H]1O[C@@H](n2cnc3c(NC4CCCCC4)ncnc32)C2CC3(Cc4ccccc4C3)O[C@H]21. The van der Waals surface area contributed by atoms with Crippen molar-refractivity contribution in [2.45, 2.75) is 81.4 Å². The van der Waals surface area contributed by atoms with Gasteiger partial charge in [-0.25, -0.2) is 15.0 Å². The van der Waals surface area contributed by atoms with Crippen LogP contribution in [0.5, 0.6) is 0 Å². The number of fused-ring (bicyclic) bond motifs is 3. The Morgan fingerprint density at radius 3 is 2.62 bits per heavy atom. The molecule has 2 saturated heterocycles. The number of rotatable bonds is 4. The van der Waals surface area contributed by atoms with E-state index < -0.39 is 0 Å². The molecule has 34 heavy (non-hydrogen) atoms. The average Bonchev–Trinajstić information content (AvgIpc) is 3.61. The van der Waals surface area contributed by atoms with Gasteiger partial charge in [-0.05, 0) is 30.4 Å². The average molecular weight is 462 g/mol. The van der Waals surface area contributed by atoms with E-state index >= 15 is 0 Å². The maximum absolute atomic E-state index is 10.1. The molecule has 2 N–H and O–H groups in total. The third-order valence-corrected chi connectivity index (χ3v) is 8.37. The largest absolute Gasteiger partial charge is 0.394 e. The molecule has 3 fully saturated rings. The smallest absolute Gasteiger partial charge is 0.167 e. The molecule has 1 saturated carbocycles. The lowest BCUT2D eigenvalue weighted by Gasteiger charge is -2.27. The van der Waals surface area contributed by atoms with Gasteiger partial charge in [-0.2, -0.15) is 0 Å². The van der Waals surface area contributed by atoms with Gasteiger partial charge in [0.15, 0.2) is 17.0 Å². The second kappa shape index (κ2) is 8.00. The van der Waals surface area contributed by atoms with Crippen LogP contribution in [0.1, 0.15) is 55.9 Å². The van der Waals surface area contributed by atoms with Crippen LogP contribution in [0.15, 0.2) is 36.9 Å². The number of anilines is 1. The van der Waals surface area contributed by atoms with Crippen molar-refractivity contribution < 1.29 is 14.6 Å².